The number of ether oxygens (including phenoxy) is 1. The number of nitrogens with one attached hydrogen (secondary N) is 1. The topological polar surface area (TPSA) is 73.9 Å². The van der Waals surface area contributed by atoms with Crippen LogP contribution in [0.3, 0.4) is 0 Å². The normalized spacial score (nSPS) is 13.5. The Balaban J connectivity index is 2.94. The Bertz CT molecular complexity index is 614. The number of carbonyl (C=O) groups excluding carboxylic acids is 1. The lowest BCUT2D eigenvalue weighted by Crippen LogP contribution is -2.34. The van der Waals surface area contributed by atoms with Crippen molar-refractivity contribution in [3.63, 3.8) is 0 Å². The van der Waals surface area contributed by atoms with E-state index in [0.717, 1.165) is 19.8 Å². The van der Waals surface area contributed by atoms with E-state index in [0.29, 0.717) is 10.7 Å². The van der Waals surface area contributed by atoms with Crippen LogP contribution in [-0.2, 0) is 18.3 Å². The molecule has 0 heterocycles. The van der Waals surface area contributed by atoms with Gasteiger partial charge in [0.25, 0.3) is 5.85 Å². The van der Waals surface area contributed by atoms with Crippen LogP contribution in [0.25, 0.3) is 0 Å². The number of hydrogen-bond donors (Lipinski definition) is 1. The van der Waals surface area contributed by atoms with E-state index in [4.69, 9.17) is 60.2 Å². The van der Waals surface area contributed by atoms with Gasteiger partial charge in [-0.15, -0.1) is 0 Å². The predicted octanol–water partition coefficient (Wildman–Crippen LogP) is 5.38. The van der Waals surface area contributed by atoms with E-state index in [-0.39, 0.29) is 0 Å². The van der Waals surface area contributed by atoms with E-state index in [9.17, 15) is 9.36 Å². The quantitative estimate of drug-likeness (QED) is 0.507. The molecule has 1 aromatic carbocycles. The fourth-order valence-electron chi connectivity index (χ4n) is 1.50. The third-order valence-corrected chi connectivity index (χ3v) is 6.26. The number of alkyl halides is 3. The first-order valence-electron chi connectivity index (χ1n) is 6.05. The summed E-state index contributed by atoms with van der Waals surface area (Å²) in [6.07, 6.45) is -1.02. The number of halogens is 4. The van der Waals surface area contributed by atoms with E-state index >= 15 is 0 Å². The standard InChI is InChI=1S/C12H14Cl4NO5P/c1-7-4-5-8(6-9(7)13)17-11(18)22-10(12(14,15)16)23(19,20-2)21-3/h4-6,10H,1-3H3,(H,17,18). The fraction of sp³-hybridized carbons (Fsp3) is 0.417. The zero-order valence-corrected chi connectivity index (χ0v) is 16.2. The molecule has 0 radical (unpaired) electrons. The summed E-state index contributed by atoms with van der Waals surface area (Å²) in [5.41, 5.74) is 1.17. The molecule has 0 spiro atoms. The maximum atomic E-state index is 12.4. The van der Waals surface area contributed by atoms with Crippen LogP contribution in [0.4, 0.5) is 10.5 Å². The van der Waals surface area contributed by atoms with Gasteiger partial charge in [0.15, 0.2) is 0 Å². The largest absolute Gasteiger partial charge is 0.428 e. The zero-order valence-electron chi connectivity index (χ0n) is 12.3. The maximum Gasteiger partial charge on any atom is 0.412 e. The van der Waals surface area contributed by atoms with Gasteiger partial charge in [-0.25, -0.2) is 4.79 Å². The average molecular weight is 425 g/mol. The highest BCUT2D eigenvalue weighted by atomic mass is 35.6. The van der Waals surface area contributed by atoms with E-state index in [1.165, 1.54) is 6.07 Å². The van der Waals surface area contributed by atoms with Crippen molar-refractivity contribution in [1.29, 1.82) is 0 Å². The van der Waals surface area contributed by atoms with E-state index in [1.54, 1.807) is 19.1 Å². The van der Waals surface area contributed by atoms with Gasteiger partial charge < -0.3 is 13.8 Å². The first kappa shape index (κ1) is 20.8. The Morgan fingerprint density at radius 2 is 1.83 bits per heavy atom. The number of carbonyl (C=O) groups is 1. The van der Waals surface area contributed by atoms with Crippen LogP contribution in [0, 0.1) is 6.92 Å². The number of anilines is 1. The number of rotatable bonds is 5. The van der Waals surface area contributed by atoms with Gasteiger partial charge in [0.05, 0.1) is 0 Å². The molecule has 1 N–H and O–H groups in total. The van der Waals surface area contributed by atoms with Crippen LogP contribution in [0.1, 0.15) is 5.56 Å². The summed E-state index contributed by atoms with van der Waals surface area (Å²) in [5.74, 6) is -1.77. The van der Waals surface area contributed by atoms with Gasteiger partial charge in [0.1, 0.15) is 0 Å². The molecule has 130 valence electrons. The van der Waals surface area contributed by atoms with Crippen molar-refractivity contribution in [3.8, 4) is 0 Å². The Hall–Kier alpha value is -0.200. The number of benzene rings is 1. The predicted molar refractivity (Wildman–Crippen MR) is 92.0 cm³/mol. The molecule has 0 fully saturated rings. The van der Waals surface area contributed by atoms with Gasteiger partial charge in [-0.05, 0) is 24.6 Å². The van der Waals surface area contributed by atoms with Crippen LogP contribution in [0.5, 0.6) is 0 Å². The summed E-state index contributed by atoms with van der Waals surface area (Å²) in [4.78, 5) is 12.0. The molecule has 11 heteroatoms. The van der Waals surface area contributed by atoms with Crippen LogP contribution >= 0.6 is 54.0 Å². The molecule has 0 aliphatic heterocycles. The molecule has 0 aromatic heterocycles. The van der Waals surface area contributed by atoms with Crippen molar-refractivity contribution < 1.29 is 23.1 Å². The second kappa shape index (κ2) is 8.26. The second-order valence-electron chi connectivity index (χ2n) is 4.29. The monoisotopic (exact) mass is 423 g/mol. The Labute approximate surface area is 153 Å². The first-order valence-corrected chi connectivity index (χ1v) is 9.17. The summed E-state index contributed by atoms with van der Waals surface area (Å²) in [7, 11) is -1.84. The minimum atomic E-state index is -3.99. The van der Waals surface area contributed by atoms with Gasteiger partial charge >= 0.3 is 13.7 Å². The van der Waals surface area contributed by atoms with Crippen molar-refractivity contribution in [2.75, 3.05) is 19.5 Å². The lowest BCUT2D eigenvalue weighted by Gasteiger charge is -2.28. The van der Waals surface area contributed by atoms with Crippen LogP contribution in [0.2, 0.25) is 5.02 Å². The third kappa shape index (κ3) is 5.68. The summed E-state index contributed by atoms with van der Waals surface area (Å²) in [6, 6.07) is 4.80. The molecule has 0 aliphatic rings. The minimum absolute atomic E-state index is 0.346. The molecule has 0 bridgehead atoms. The lowest BCUT2D eigenvalue weighted by atomic mass is 10.2. The van der Waals surface area contributed by atoms with Crippen LogP contribution in [-0.4, -0.2) is 30.0 Å². The number of aryl methyl sites for hydroxylation is 1. The van der Waals surface area contributed by atoms with E-state index in [1.807, 2.05) is 0 Å². The van der Waals surface area contributed by atoms with Crippen molar-refractivity contribution >= 4 is 65.8 Å². The van der Waals surface area contributed by atoms with Crippen molar-refractivity contribution in [1.82, 2.24) is 0 Å². The maximum absolute atomic E-state index is 12.4. The van der Waals surface area contributed by atoms with Crippen molar-refractivity contribution in [3.05, 3.63) is 28.8 Å². The van der Waals surface area contributed by atoms with Crippen molar-refractivity contribution in [2.24, 2.45) is 0 Å². The number of hydrogen-bond acceptors (Lipinski definition) is 5. The molecular formula is C12H14Cl4NO5P. The second-order valence-corrected chi connectivity index (χ2v) is 9.35. The molecule has 1 amide bonds. The number of amides is 1. The Kier molecular flexibility index (Phi) is 7.48. The molecule has 23 heavy (non-hydrogen) atoms. The summed E-state index contributed by atoms with van der Waals surface area (Å²) < 4.78 is 24.5. The smallest absolute Gasteiger partial charge is 0.412 e. The molecule has 1 aromatic rings. The van der Waals surface area contributed by atoms with Crippen LogP contribution < -0.4 is 5.32 Å². The molecule has 0 aliphatic carbocycles. The summed E-state index contributed by atoms with van der Waals surface area (Å²) in [6.45, 7) is 1.80. The highest BCUT2D eigenvalue weighted by molar-refractivity contribution is 7.55. The Morgan fingerprint density at radius 3 is 2.26 bits per heavy atom. The average Bonchev–Trinajstić information content (AvgIpc) is 2.47. The van der Waals surface area contributed by atoms with E-state index < -0.39 is 23.3 Å². The summed E-state index contributed by atoms with van der Waals surface area (Å²) >= 11 is 23.1. The lowest BCUT2D eigenvalue weighted by molar-refractivity contribution is 0.124. The molecule has 1 rings (SSSR count). The highest BCUT2D eigenvalue weighted by Gasteiger charge is 2.51. The fourth-order valence-corrected chi connectivity index (χ4v) is 4.00. The molecule has 1 unspecified atom stereocenters. The molecule has 6 nitrogen and oxygen atoms in total. The first-order chi connectivity index (χ1) is 10.5. The van der Waals surface area contributed by atoms with Gasteiger partial charge in [-0.3, -0.25) is 9.88 Å². The summed E-state index contributed by atoms with van der Waals surface area (Å²) in [5, 5.41) is 2.82. The zero-order chi connectivity index (χ0) is 17.8. The molecule has 0 saturated heterocycles. The van der Waals surface area contributed by atoms with E-state index in [2.05, 4.69) is 5.32 Å². The van der Waals surface area contributed by atoms with Gasteiger partial charge in [0.2, 0.25) is 3.79 Å². The molecular weight excluding hydrogens is 411 g/mol. The minimum Gasteiger partial charge on any atom is -0.428 e. The SMILES string of the molecule is COP(=O)(OC)C(OC(=O)Nc1ccc(C)c(Cl)c1)C(Cl)(Cl)Cl. The Morgan fingerprint density at radius 1 is 1.26 bits per heavy atom. The van der Waals surface area contributed by atoms with Gasteiger partial charge in [0, 0.05) is 24.9 Å². The van der Waals surface area contributed by atoms with Gasteiger partial charge in [-0.2, -0.15) is 0 Å². The van der Waals surface area contributed by atoms with Crippen LogP contribution in [0.15, 0.2) is 18.2 Å². The third-order valence-electron chi connectivity index (χ3n) is 2.71. The van der Waals surface area contributed by atoms with Gasteiger partial charge in [-0.1, -0.05) is 52.5 Å². The molecule has 0 saturated carbocycles. The molecule has 1 atom stereocenters. The van der Waals surface area contributed by atoms with Crippen molar-refractivity contribution in [2.45, 2.75) is 16.6 Å². The highest BCUT2D eigenvalue weighted by Crippen LogP contribution is 2.59.